The number of carbonyl (C=O) groups excluding carboxylic acids is 1. The van der Waals surface area contributed by atoms with Crippen LogP contribution in [0, 0.1) is 11.3 Å². The fraction of sp³-hybridized carbons (Fsp3) is 0.240. The quantitative estimate of drug-likeness (QED) is 0.455. The highest BCUT2D eigenvalue weighted by atomic mass is 32.2. The van der Waals surface area contributed by atoms with Gasteiger partial charge in [-0.25, -0.2) is 4.98 Å². The third-order valence-corrected chi connectivity index (χ3v) is 7.90. The standard InChI is InChI=1S/C25H21N3OS2/c1-16(30-24-18(15-26)14-17-8-2-3-9-19(17)27-24)25(29)28-20-10-4-6-12-22(20)31-23-13-7-5-11-21(23)28/h4-7,10-14,16H,2-3,8-9H2,1H3. The molecule has 1 unspecified atom stereocenters. The fourth-order valence-electron chi connectivity index (χ4n) is 4.13. The number of hydrogen-bond acceptors (Lipinski definition) is 5. The van der Waals surface area contributed by atoms with Gasteiger partial charge in [-0.1, -0.05) is 47.8 Å². The van der Waals surface area contributed by atoms with Crippen molar-refractivity contribution in [2.75, 3.05) is 4.90 Å². The summed E-state index contributed by atoms with van der Waals surface area (Å²) in [4.78, 5) is 22.5. The van der Waals surface area contributed by atoms with Gasteiger partial charge < -0.3 is 0 Å². The molecular weight excluding hydrogens is 422 g/mol. The van der Waals surface area contributed by atoms with E-state index in [1.54, 1.807) is 11.8 Å². The minimum atomic E-state index is -0.384. The van der Waals surface area contributed by atoms with Gasteiger partial charge in [0.2, 0.25) is 5.91 Å². The molecule has 3 aromatic rings. The van der Waals surface area contributed by atoms with Crippen molar-refractivity contribution >= 4 is 40.8 Å². The lowest BCUT2D eigenvalue weighted by Gasteiger charge is -2.32. The van der Waals surface area contributed by atoms with Crippen LogP contribution in [0.1, 0.15) is 36.6 Å². The highest BCUT2D eigenvalue weighted by Crippen LogP contribution is 2.48. The summed E-state index contributed by atoms with van der Waals surface area (Å²) in [6.45, 7) is 1.91. The van der Waals surface area contributed by atoms with E-state index in [0.717, 1.165) is 52.5 Å². The van der Waals surface area contributed by atoms with Crippen molar-refractivity contribution in [3.05, 3.63) is 71.4 Å². The lowest BCUT2D eigenvalue weighted by atomic mass is 9.95. The SMILES string of the molecule is CC(Sc1nc2c(cc1C#N)CCCC2)C(=O)N1c2ccccc2Sc2ccccc21. The average molecular weight is 444 g/mol. The van der Waals surface area contributed by atoms with Gasteiger partial charge >= 0.3 is 0 Å². The van der Waals surface area contributed by atoms with Gasteiger partial charge in [-0.15, -0.1) is 0 Å². The van der Waals surface area contributed by atoms with E-state index in [1.165, 1.54) is 17.3 Å². The summed E-state index contributed by atoms with van der Waals surface area (Å²) < 4.78 is 0. The fourth-order valence-corrected chi connectivity index (χ4v) is 6.12. The highest BCUT2D eigenvalue weighted by Gasteiger charge is 2.32. The molecule has 1 aliphatic carbocycles. The zero-order valence-corrected chi connectivity index (χ0v) is 18.8. The van der Waals surface area contributed by atoms with E-state index in [4.69, 9.17) is 4.98 Å². The number of amides is 1. The van der Waals surface area contributed by atoms with E-state index in [2.05, 4.69) is 6.07 Å². The number of anilines is 2. The largest absolute Gasteiger partial charge is 0.278 e. The Kier molecular flexibility index (Phi) is 5.47. The predicted octanol–water partition coefficient (Wildman–Crippen LogP) is 6.14. The molecule has 2 aliphatic rings. The first-order valence-electron chi connectivity index (χ1n) is 10.4. The molecule has 1 aliphatic heterocycles. The van der Waals surface area contributed by atoms with Crippen LogP contribution in [-0.2, 0) is 17.6 Å². The predicted molar refractivity (Wildman–Crippen MR) is 125 cm³/mol. The zero-order chi connectivity index (χ0) is 21.4. The zero-order valence-electron chi connectivity index (χ0n) is 17.2. The van der Waals surface area contributed by atoms with Crippen LogP contribution < -0.4 is 4.90 Å². The van der Waals surface area contributed by atoms with Gasteiger partial charge in [0.25, 0.3) is 0 Å². The van der Waals surface area contributed by atoms with Gasteiger partial charge in [0, 0.05) is 15.5 Å². The van der Waals surface area contributed by atoms with Crippen LogP contribution in [0.25, 0.3) is 0 Å². The second-order valence-electron chi connectivity index (χ2n) is 7.74. The van der Waals surface area contributed by atoms with E-state index in [1.807, 2.05) is 66.4 Å². The Morgan fingerprint density at radius 1 is 1.10 bits per heavy atom. The number of fused-ring (bicyclic) bond motifs is 3. The molecule has 4 nitrogen and oxygen atoms in total. The normalized spacial score (nSPS) is 15.3. The summed E-state index contributed by atoms with van der Waals surface area (Å²) in [7, 11) is 0. The van der Waals surface area contributed by atoms with E-state index in [9.17, 15) is 10.1 Å². The molecule has 0 radical (unpaired) electrons. The Morgan fingerprint density at radius 3 is 2.42 bits per heavy atom. The number of nitrogens with zero attached hydrogens (tertiary/aromatic N) is 3. The minimum Gasteiger partial charge on any atom is -0.278 e. The number of hydrogen-bond donors (Lipinski definition) is 0. The maximum absolute atomic E-state index is 13.7. The maximum Gasteiger partial charge on any atom is 0.244 e. The number of aromatic nitrogens is 1. The molecule has 0 spiro atoms. The molecule has 1 atom stereocenters. The number of para-hydroxylation sites is 2. The number of benzene rings is 2. The molecule has 0 N–H and O–H groups in total. The topological polar surface area (TPSA) is 57.0 Å². The molecule has 31 heavy (non-hydrogen) atoms. The molecule has 0 saturated carbocycles. The van der Waals surface area contributed by atoms with Gasteiger partial charge in [-0.2, -0.15) is 5.26 Å². The molecule has 6 heteroatoms. The molecule has 1 aromatic heterocycles. The van der Waals surface area contributed by atoms with Gasteiger partial charge in [0.05, 0.1) is 22.2 Å². The van der Waals surface area contributed by atoms with Crippen LogP contribution >= 0.6 is 23.5 Å². The first-order chi connectivity index (χ1) is 15.2. The molecule has 0 bridgehead atoms. The first-order valence-corrected chi connectivity index (χ1v) is 12.1. The van der Waals surface area contributed by atoms with E-state index in [-0.39, 0.29) is 11.2 Å². The Bertz CT molecular complexity index is 1170. The smallest absolute Gasteiger partial charge is 0.244 e. The summed E-state index contributed by atoms with van der Waals surface area (Å²) in [5, 5.41) is 9.96. The second-order valence-corrected chi connectivity index (χ2v) is 10.2. The van der Waals surface area contributed by atoms with Gasteiger partial charge in [0.1, 0.15) is 11.1 Å². The lowest BCUT2D eigenvalue weighted by molar-refractivity contribution is -0.117. The molecule has 2 heterocycles. The van der Waals surface area contributed by atoms with E-state index >= 15 is 0 Å². The Balaban J connectivity index is 1.49. The lowest BCUT2D eigenvalue weighted by Crippen LogP contribution is -2.34. The first kappa shape index (κ1) is 20.2. The Morgan fingerprint density at radius 2 is 1.74 bits per heavy atom. The summed E-state index contributed by atoms with van der Waals surface area (Å²) in [5.41, 5.74) is 4.64. The van der Waals surface area contributed by atoms with Crippen LogP contribution in [-0.4, -0.2) is 16.1 Å². The van der Waals surface area contributed by atoms with Crippen molar-refractivity contribution in [2.45, 2.75) is 52.7 Å². The van der Waals surface area contributed by atoms with Gasteiger partial charge in [0.15, 0.2) is 0 Å². The van der Waals surface area contributed by atoms with Crippen LogP contribution in [0.2, 0.25) is 0 Å². The molecule has 0 fully saturated rings. The summed E-state index contributed by atoms with van der Waals surface area (Å²) in [6, 6.07) is 20.3. The van der Waals surface area contributed by atoms with Crippen LogP contribution in [0.3, 0.4) is 0 Å². The summed E-state index contributed by atoms with van der Waals surface area (Å²) >= 11 is 3.07. The minimum absolute atomic E-state index is 0.00592. The van der Waals surface area contributed by atoms with E-state index in [0.29, 0.717) is 10.6 Å². The molecule has 154 valence electrons. The van der Waals surface area contributed by atoms with Crippen molar-refractivity contribution in [1.82, 2.24) is 4.98 Å². The van der Waals surface area contributed by atoms with Crippen molar-refractivity contribution in [3.8, 4) is 6.07 Å². The number of rotatable bonds is 3. The average Bonchev–Trinajstić information content (AvgIpc) is 2.81. The number of carbonyl (C=O) groups is 1. The van der Waals surface area contributed by atoms with Crippen molar-refractivity contribution in [1.29, 1.82) is 5.26 Å². The maximum atomic E-state index is 13.7. The Hall–Kier alpha value is -2.75. The molecule has 2 aromatic carbocycles. The molecular formula is C25H21N3OS2. The van der Waals surface area contributed by atoms with Crippen molar-refractivity contribution in [3.63, 3.8) is 0 Å². The number of pyridine rings is 1. The van der Waals surface area contributed by atoms with Crippen molar-refractivity contribution in [2.24, 2.45) is 0 Å². The van der Waals surface area contributed by atoms with Crippen molar-refractivity contribution < 1.29 is 4.79 Å². The third kappa shape index (κ3) is 3.73. The second kappa shape index (κ2) is 8.41. The van der Waals surface area contributed by atoms with Gasteiger partial charge in [-0.05, 0) is 68.5 Å². The monoisotopic (exact) mass is 443 g/mol. The third-order valence-electron chi connectivity index (χ3n) is 5.68. The van der Waals surface area contributed by atoms with Crippen LogP contribution in [0.4, 0.5) is 11.4 Å². The summed E-state index contributed by atoms with van der Waals surface area (Å²) in [6.07, 6.45) is 4.20. The number of aryl methyl sites for hydroxylation is 2. The highest BCUT2D eigenvalue weighted by molar-refractivity contribution is 8.00. The van der Waals surface area contributed by atoms with Crippen LogP contribution in [0.15, 0.2) is 69.4 Å². The van der Waals surface area contributed by atoms with E-state index < -0.39 is 0 Å². The number of nitriles is 1. The number of thioether (sulfide) groups is 1. The van der Waals surface area contributed by atoms with Crippen LogP contribution in [0.5, 0.6) is 0 Å². The van der Waals surface area contributed by atoms with Gasteiger partial charge in [-0.3, -0.25) is 9.69 Å². The molecule has 5 rings (SSSR count). The molecule has 0 saturated heterocycles. The Labute approximate surface area is 190 Å². The summed E-state index contributed by atoms with van der Waals surface area (Å²) in [5.74, 6) is -0.00592. The molecule has 1 amide bonds.